The number of halogens is 1. The first kappa shape index (κ1) is 21.6. The number of nitrogens with one attached hydrogen (secondary N) is 3. The van der Waals surface area contributed by atoms with Crippen LogP contribution in [-0.2, 0) is 0 Å². The summed E-state index contributed by atoms with van der Waals surface area (Å²) in [4.78, 5) is 26.3. The quantitative estimate of drug-likeness (QED) is 0.602. The molecule has 3 amide bonds. The minimum absolute atomic E-state index is 0.0192. The number of anilines is 2. The lowest BCUT2D eigenvalue weighted by atomic mass is 9.99. The van der Waals surface area contributed by atoms with E-state index in [9.17, 15) is 14.0 Å². The molecular weight excluding hydrogens is 383 g/mol. The average molecular weight is 413 g/mol. The molecule has 2 aromatic rings. The molecule has 1 aliphatic heterocycles. The molecule has 0 atom stereocenters. The van der Waals surface area contributed by atoms with Crippen molar-refractivity contribution in [2.75, 3.05) is 36.4 Å². The van der Waals surface area contributed by atoms with Gasteiger partial charge in [-0.05, 0) is 61.6 Å². The Morgan fingerprint density at radius 1 is 1.00 bits per heavy atom. The second-order valence-corrected chi connectivity index (χ2v) is 7.69. The van der Waals surface area contributed by atoms with Gasteiger partial charge in [0.05, 0.1) is 5.56 Å². The van der Waals surface area contributed by atoms with Gasteiger partial charge in [-0.1, -0.05) is 19.1 Å². The first-order chi connectivity index (χ1) is 14.5. The van der Waals surface area contributed by atoms with E-state index in [1.165, 1.54) is 36.7 Å². The summed E-state index contributed by atoms with van der Waals surface area (Å²) in [6.45, 7) is 5.17. The van der Waals surface area contributed by atoms with Crippen molar-refractivity contribution in [3.8, 4) is 0 Å². The molecule has 1 saturated heterocycles. The second-order valence-electron chi connectivity index (χ2n) is 7.69. The number of piperidine rings is 1. The van der Waals surface area contributed by atoms with Gasteiger partial charge in [-0.2, -0.15) is 0 Å². The van der Waals surface area contributed by atoms with Crippen LogP contribution in [0.1, 0.15) is 36.5 Å². The highest BCUT2D eigenvalue weighted by Gasteiger charge is 2.16. The Labute approximate surface area is 176 Å². The molecular formula is C23H29FN4O2. The molecule has 2 aromatic carbocycles. The van der Waals surface area contributed by atoms with Crippen LogP contribution in [-0.4, -0.2) is 38.1 Å². The summed E-state index contributed by atoms with van der Waals surface area (Å²) >= 11 is 0. The van der Waals surface area contributed by atoms with Crippen LogP contribution in [0.25, 0.3) is 0 Å². The minimum Gasteiger partial charge on any atom is -0.372 e. The fourth-order valence-corrected chi connectivity index (χ4v) is 3.43. The van der Waals surface area contributed by atoms with Crippen LogP contribution in [0.2, 0.25) is 0 Å². The number of hydrogen-bond acceptors (Lipinski definition) is 3. The highest BCUT2D eigenvalue weighted by molar-refractivity contribution is 5.94. The lowest BCUT2D eigenvalue weighted by Crippen LogP contribution is -2.33. The summed E-state index contributed by atoms with van der Waals surface area (Å²) in [6.07, 6.45) is 2.96. The normalized spacial score (nSPS) is 14.3. The van der Waals surface area contributed by atoms with Crippen LogP contribution in [0.3, 0.4) is 0 Å². The monoisotopic (exact) mass is 412 g/mol. The van der Waals surface area contributed by atoms with Crippen molar-refractivity contribution < 1.29 is 14.0 Å². The van der Waals surface area contributed by atoms with Gasteiger partial charge in [0.1, 0.15) is 5.82 Å². The van der Waals surface area contributed by atoms with Gasteiger partial charge in [0.2, 0.25) is 0 Å². The first-order valence-electron chi connectivity index (χ1n) is 10.5. The number of nitrogens with zero attached hydrogens (tertiary/aromatic N) is 1. The van der Waals surface area contributed by atoms with Crippen LogP contribution < -0.4 is 20.9 Å². The van der Waals surface area contributed by atoms with Crippen molar-refractivity contribution in [3.05, 3.63) is 59.9 Å². The van der Waals surface area contributed by atoms with Gasteiger partial charge in [-0.15, -0.1) is 0 Å². The Morgan fingerprint density at radius 2 is 1.67 bits per heavy atom. The lowest BCUT2D eigenvalue weighted by Gasteiger charge is -2.32. The first-order valence-corrected chi connectivity index (χ1v) is 10.5. The fourth-order valence-electron chi connectivity index (χ4n) is 3.43. The van der Waals surface area contributed by atoms with Crippen molar-refractivity contribution in [1.82, 2.24) is 10.6 Å². The molecule has 1 aliphatic rings. The van der Waals surface area contributed by atoms with E-state index >= 15 is 0 Å². The van der Waals surface area contributed by atoms with E-state index < -0.39 is 11.7 Å². The molecule has 7 heteroatoms. The third kappa shape index (κ3) is 6.20. The van der Waals surface area contributed by atoms with Crippen molar-refractivity contribution in [2.24, 2.45) is 5.92 Å². The van der Waals surface area contributed by atoms with Gasteiger partial charge in [-0.3, -0.25) is 4.79 Å². The van der Waals surface area contributed by atoms with Crippen LogP contribution in [0, 0.1) is 11.7 Å². The smallest absolute Gasteiger partial charge is 0.319 e. The molecule has 0 radical (unpaired) electrons. The number of amides is 3. The third-order valence-electron chi connectivity index (χ3n) is 5.32. The van der Waals surface area contributed by atoms with Gasteiger partial charge >= 0.3 is 6.03 Å². The van der Waals surface area contributed by atoms with E-state index in [1.54, 1.807) is 6.07 Å². The molecule has 6 nitrogen and oxygen atoms in total. The van der Waals surface area contributed by atoms with Crippen LogP contribution >= 0.6 is 0 Å². The predicted octanol–water partition coefficient (Wildman–Crippen LogP) is 4.00. The van der Waals surface area contributed by atoms with Crippen molar-refractivity contribution in [1.29, 1.82) is 0 Å². The third-order valence-corrected chi connectivity index (χ3v) is 5.32. The van der Waals surface area contributed by atoms with Crippen molar-refractivity contribution in [2.45, 2.75) is 26.2 Å². The predicted molar refractivity (Wildman–Crippen MR) is 117 cm³/mol. The number of carbonyl (C=O) groups excluding carboxylic acids is 2. The maximum absolute atomic E-state index is 13.5. The van der Waals surface area contributed by atoms with Crippen LogP contribution in [0.15, 0.2) is 48.5 Å². The minimum atomic E-state index is -0.548. The topological polar surface area (TPSA) is 73.5 Å². The van der Waals surface area contributed by atoms with Gasteiger partial charge in [0, 0.05) is 37.6 Å². The van der Waals surface area contributed by atoms with E-state index in [2.05, 4.69) is 27.8 Å². The summed E-state index contributed by atoms with van der Waals surface area (Å²) in [5.41, 5.74) is 1.93. The van der Waals surface area contributed by atoms with Crippen molar-refractivity contribution >= 4 is 23.3 Å². The van der Waals surface area contributed by atoms with Crippen molar-refractivity contribution in [3.63, 3.8) is 0 Å². The highest BCUT2D eigenvalue weighted by atomic mass is 19.1. The average Bonchev–Trinajstić information content (AvgIpc) is 2.75. The summed E-state index contributed by atoms with van der Waals surface area (Å²) in [5.74, 6) is -0.215. The zero-order valence-corrected chi connectivity index (χ0v) is 17.3. The largest absolute Gasteiger partial charge is 0.372 e. The summed E-state index contributed by atoms with van der Waals surface area (Å²) in [5, 5.41) is 8.21. The van der Waals surface area contributed by atoms with Gasteiger partial charge in [0.25, 0.3) is 5.91 Å². The van der Waals surface area contributed by atoms with E-state index in [-0.39, 0.29) is 11.6 Å². The fraction of sp³-hybridized carbons (Fsp3) is 0.391. The highest BCUT2D eigenvalue weighted by Crippen LogP contribution is 2.24. The SMILES string of the molecule is CC1CCN(c2ccc(NC(=O)NCCCNC(=O)c3ccccc3F)cc2)CC1. The Morgan fingerprint density at radius 3 is 2.37 bits per heavy atom. The molecule has 0 saturated carbocycles. The number of rotatable bonds is 7. The Hall–Kier alpha value is -3.09. The maximum atomic E-state index is 13.5. The van der Waals surface area contributed by atoms with E-state index in [0.717, 1.165) is 24.7 Å². The lowest BCUT2D eigenvalue weighted by molar-refractivity contribution is 0.0949. The molecule has 3 N–H and O–H groups in total. The molecule has 30 heavy (non-hydrogen) atoms. The van der Waals surface area contributed by atoms with Gasteiger partial charge < -0.3 is 20.9 Å². The molecule has 0 unspecified atom stereocenters. The number of urea groups is 1. The van der Waals surface area contributed by atoms with Crippen LogP contribution in [0.4, 0.5) is 20.6 Å². The zero-order chi connectivity index (χ0) is 21.3. The molecule has 0 aromatic heterocycles. The van der Waals surface area contributed by atoms with E-state index in [0.29, 0.717) is 19.5 Å². The summed E-state index contributed by atoms with van der Waals surface area (Å²) in [7, 11) is 0. The van der Waals surface area contributed by atoms with Crippen LogP contribution in [0.5, 0.6) is 0 Å². The molecule has 1 heterocycles. The Kier molecular flexibility index (Phi) is 7.65. The summed E-state index contributed by atoms with van der Waals surface area (Å²) < 4.78 is 13.5. The molecule has 1 fully saturated rings. The molecule has 160 valence electrons. The van der Waals surface area contributed by atoms with Gasteiger partial charge in [-0.25, -0.2) is 9.18 Å². The van der Waals surface area contributed by atoms with Gasteiger partial charge in [0.15, 0.2) is 0 Å². The molecule has 0 spiro atoms. The second kappa shape index (κ2) is 10.6. The maximum Gasteiger partial charge on any atom is 0.319 e. The Balaban J connectivity index is 1.34. The number of benzene rings is 2. The van der Waals surface area contributed by atoms with E-state index in [4.69, 9.17) is 0 Å². The van der Waals surface area contributed by atoms with E-state index in [1.807, 2.05) is 24.3 Å². The standard InChI is InChI=1S/C23H29FN4O2/c1-17-11-15-28(16-12-17)19-9-7-18(8-10-19)27-23(30)26-14-4-13-25-22(29)20-5-2-3-6-21(20)24/h2-3,5-10,17H,4,11-16H2,1H3,(H,25,29)(H2,26,27,30). The molecule has 3 rings (SSSR count). The molecule has 0 bridgehead atoms. The zero-order valence-electron chi connectivity index (χ0n) is 17.3. The molecule has 0 aliphatic carbocycles. The summed E-state index contributed by atoms with van der Waals surface area (Å²) in [6, 6.07) is 13.4. The Bertz CT molecular complexity index is 849. The number of carbonyl (C=O) groups is 2. The number of hydrogen-bond donors (Lipinski definition) is 3.